The second-order valence-corrected chi connectivity index (χ2v) is 17.6. The highest BCUT2D eigenvalue weighted by Gasteiger charge is 2.36. The summed E-state index contributed by atoms with van der Waals surface area (Å²) in [6.07, 6.45) is 7.96. The van der Waals surface area contributed by atoms with Crippen LogP contribution >= 0.6 is 11.3 Å². The Morgan fingerprint density at radius 1 is 1.15 bits per heavy atom. The van der Waals surface area contributed by atoms with Crippen LogP contribution in [0.2, 0.25) is 0 Å². The summed E-state index contributed by atoms with van der Waals surface area (Å²) in [5.41, 5.74) is 5.15. The smallest absolute Gasteiger partial charge is 0.309 e. The van der Waals surface area contributed by atoms with Crippen LogP contribution in [0.4, 0.5) is 10.1 Å². The van der Waals surface area contributed by atoms with Crippen molar-refractivity contribution >= 4 is 34.8 Å². The summed E-state index contributed by atoms with van der Waals surface area (Å²) in [5.74, 6) is -1.87. The molecule has 3 rings (SSSR count). The first-order chi connectivity index (χ1) is 26.0. The van der Waals surface area contributed by atoms with E-state index < -0.39 is 35.3 Å². The molecule has 11 nitrogen and oxygen atoms in total. The van der Waals surface area contributed by atoms with Gasteiger partial charge in [-0.3, -0.25) is 14.4 Å². The summed E-state index contributed by atoms with van der Waals surface area (Å²) in [7, 11) is 2.16. The van der Waals surface area contributed by atoms with E-state index in [0.29, 0.717) is 23.2 Å². The van der Waals surface area contributed by atoms with Crippen LogP contribution in [0.3, 0.4) is 0 Å². The average molecular weight is 789 g/mol. The predicted octanol–water partition coefficient (Wildman–Crippen LogP) is 7.05. The number of hydrogen-bond acceptors (Lipinski definition) is 9. The van der Waals surface area contributed by atoms with E-state index in [4.69, 9.17) is 5.73 Å². The van der Waals surface area contributed by atoms with E-state index in [9.17, 15) is 29.0 Å². The van der Waals surface area contributed by atoms with Gasteiger partial charge in [-0.2, -0.15) is 0 Å². The Labute approximate surface area is 333 Å². The molecule has 0 radical (unpaired) electrons. The molecule has 0 aliphatic carbocycles. The van der Waals surface area contributed by atoms with Gasteiger partial charge in [-0.05, 0) is 89.1 Å². The van der Waals surface area contributed by atoms with Crippen LogP contribution in [-0.4, -0.2) is 93.6 Å². The monoisotopic (exact) mass is 789 g/mol. The number of amides is 2. The zero-order valence-electron chi connectivity index (χ0n) is 34.6. The molecule has 6 atom stereocenters. The van der Waals surface area contributed by atoms with Crippen LogP contribution < -0.4 is 16.4 Å². The Morgan fingerprint density at radius 3 is 2.49 bits per heavy atom. The number of aliphatic hydroxyl groups excluding tert-OH is 1. The highest BCUT2D eigenvalue weighted by atomic mass is 32.1. The normalized spacial score (nSPS) is 18.1. The number of carboxylic acid groups (broad SMARTS) is 1. The number of carboxylic acids is 1. The molecule has 2 heterocycles. The molecule has 0 bridgehead atoms. The molecule has 0 spiro atoms. The lowest BCUT2D eigenvalue weighted by molar-refractivity contribution is -0.147. The Morgan fingerprint density at radius 2 is 1.87 bits per heavy atom. The number of benzene rings is 1. The van der Waals surface area contributed by atoms with Gasteiger partial charge in [0.05, 0.1) is 17.1 Å². The summed E-state index contributed by atoms with van der Waals surface area (Å²) in [6, 6.07) is 3.52. The van der Waals surface area contributed by atoms with Gasteiger partial charge in [0.25, 0.3) is 5.91 Å². The maximum atomic E-state index is 14.7. The Hall–Kier alpha value is -3.13. The Bertz CT molecular complexity index is 1520. The lowest BCUT2D eigenvalue weighted by Gasteiger charge is -2.40. The fourth-order valence-electron chi connectivity index (χ4n) is 7.51. The fourth-order valence-corrected chi connectivity index (χ4v) is 8.31. The molecular weight excluding hydrogens is 720 g/mol. The van der Waals surface area contributed by atoms with Gasteiger partial charge in [0, 0.05) is 43.0 Å². The zero-order valence-corrected chi connectivity index (χ0v) is 35.4. The van der Waals surface area contributed by atoms with E-state index in [2.05, 4.69) is 62.2 Å². The van der Waals surface area contributed by atoms with Gasteiger partial charge < -0.3 is 36.4 Å². The number of aromatic nitrogens is 1. The molecule has 1 fully saturated rings. The van der Waals surface area contributed by atoms with E-state index in [1.165, 1.54) is 36.3 Å². The van der Waals surface area contributed by atoms with Crippen LogP contribution in [0.25, 0.3) is 0 Å². The second kappa shape index (κ2) is 22.0. The summed E-state index contributed by atoms with van der Waals surface area (Å²) >= 11 is 1.18. The SMILES string of the molecule is CCCCCCN(C(=O)[C@@H](NCC1CCCCN1C)[C@@H](C)CC)[C@H](C[C@@H](O)c1nc(C(=O)N[C@@H](Cc2ccc(N)c(F)c2)CC(C)(C)C(=O)O)cs1)C(C)C. The minimum absolute atomic E-state index is 0.00198. The highest BCUT2D eigenvalue weighted by molar-refractivity contribution is 7.09. The summed E-state index contributed by atoms with van der Waals surface area (Å²) in [4.78, 5) is 49.2. The van der Waals surface area contributed by atoms with E-state index in [0.717, 1.165) is 51.6 Å². The first kappa shape index (κ1) is 46.3. The van der Waals surface area contributed by atoms with Gasteiger partial charge in [-0.1, -0.05) is 72.8 Å². The number of nitrogens with two attached hydrogens (primary N) is 1. The Balaban J connectivity index is 1.82. The molecule has 310 valence electrons. The number of carbonyl (C=O) groups excluding carboxylic acids is 2. The third-order valence-corrected chi connectivity index (χ3v) is 12.3. The molecule has 55 heavy (non-hydrogen) atoms. The first-order valence-corrected chi connectivity index (χ1v) is 21.3. The number of rotatable bonds is 23. The molecule has 13 heteroatoms. The third-order valence-electron chi connectivity index (χ3n) is 11.4. The minimum atomic E-state index is -1.17. The molecule has 6 N–H and O–H groups in total. The second-order valence-electron chi connectivity index (χ2n) is 16.8. The van der Waals surface area contributed by atoms with Crippen molar-refractivity contribution in [3.63, 3.8) is 0 Å². The van der Waals surface area contributed by atoms with Gasteiger partial charge >= 0.3 is 5.97 Å². The van der Waals surface area contributed by atoms with Gasteiger partial charge in [-0.25, -0.2) is 9.37 Å². The number of aliphatic hydroxyl groups is 1. The summed E-state index contributed by atoms with van der Waals surface area (Å²) in [6.45, 7) is 16.2. The number of aliphatic carboxylic acids is 1. The number of halogens is 1. The lowest BCUT2D eigenvalue weighted by atomic mass is 9.84. The number of nitrogen functional groups attached to an aromatic ring is 1. The van der Waals surface area contributed by atoms with Crippen LogP contribution in [0.5, 0.6) is 0 Å². The van der Waals surface area contributed by atoms with Crippen molar-refractivity contribution in [1.29, 1.82) is 0 Å². The molecule has 1 aromatic heterocycles. The third kappa shape index (κ3) is 13.8. The van der Waals surface area contributed by atoms with Gasteiger partial charge in [-0.15, -0.1) is 11.3 Å². The van der Waals surface area contributed by atoms with Gasteiger partial charge in [0.2, 0.25) is 5.91 Å². The average Bonchev–Trinajstić information content (AvgIpc) is 3.64. The molecule has 2 amide bonds. The molecule has 1 saturated heterocycles. The maximum absolute atomic E-state index is 14.7. The number of thiazole rings is 1. The van der Waals surface area contributed by atoms with Crippen molar-refractivity contribution in [2.24, 2.45) is 17.3 Å². The van der Waals surface area contributed by atoms with Gasteiger partial charge in [0.1, 0.15) is 22.6 Å². The predicted molar refractivity (Wildman–Crippen MR) is 219 cm³/mol. The molecule has 1 aromatic carbocycles. The van der Waals surface area contributed by atoms with Crippen molar-refractivity contribution in [2.45, 2.75) is 149 Å². The quantitative estimate of drug-likeness (QED) is 0.0587. The minimum Gasteiger partial charge on any atom is -0.481 e. The molecule has 2 aromatic rings. The fraction of sp³-hybridized carbons (Fsp3) is 0.714. The van der Waals surface area contributed by atoms with Crippen molar-refractivity contribution < 1.29 is 29.0 Å². The Kier molecular flexibility index (Phi) is 18.5. The molecule has 1 unspecified atom stereocenters. The van der Waals surface area contributed by atoms with E-state index in [1.807, 2.05) is 4.90 Å². The van der Waals surface area contributed by atoms with E-state index in [-0.39, 0.29) is 60.5 Å². The summed E-state index contributed by atoms with van der Waals surface area (Å²) < 4.78 is 14.3. The highest BCUT2D eigenvalue weighted by Crippen LogP contribution is 2.30. The topological polar surface area (TPSA) is 161 Å². The first-order valence-electron chi connectivity index (χ1n) is 20.4. The number of nitrogens with zero attached hydrogens (tertiary/aromatic N) is 3. The van der Waals surface area contributed by atoms with Crippen molar-refractivity contribution in [3.8, 4) is 0 Å². The lowest BCUT2D eigenvalue weighted by Crippen LogP contribution is -2.56. The molecule has 1 aliphatic heterocycles. The molecular formula is C42H69FN6O5S. The van der Waals surface area contributed by atoms with Crippen molar-refractivity contribution in [1.82, 2.24) is 25.4 Å². The van der Waals surface area contributed by atoms with Crippen LogP contribution in [0.15, 0.2) is 23.6 Å². The number of likely N-dealkylation sites (tertiary alicyclic amines) is 1. The number of nitrogens with one attached hydrogen (secondary N) is 2. The van der Waals surface area contributed by atoms with E-state index in [1.54, 1.807) is 25.3 Å². The standard InChI is InChI=1S/C42H69FN6O5S/c1-9-11-12-14-20-49(40(52)37(28(5)10-2)45-25-31-16-13-15-19-48(31)8)35(27(3)4)23-36(50)39-47-34(26-55-39)38(51)46-30(24-42(6,7)41(53)54)21-29-17-18-33(44)32(43)22-29/h17-18,22,26-28,30-31,35-37,45,50H,9-16,19-21,23-25,44H2,1-8H3,(H,46,51)(H,53,54)/t28-,30-,31?,35+,36+,37-/m0/s1. The van der Waals surface area contributed by atoms with Crippen LogP contribution in [0, 0.1) is 23.1 Å². The van der Waals surface area contributed by atoms with Crippen molar-refractivity contribution in [2.75, 3.05) is 32.4 Å². The van der Waals surface area contributed by atoms with Crippen LogP contribution in [-0.2, 0) is 16.0 Å². The van der Waals surface area contributed by atoms with Gasteiger partial charge in [0.15, 0.2) is 0 Å². The number of piperidine rings is 1. The molecule has 0 saturated carbocycles. The van der Waals surface area contributed by atoms with Crippen molar-refractivity contribution in [3.05, 3.63) is 45.7 Å². The number of unbranched alkanes of at least 4 members (excludes halogenated alkanes) is 3. The number of carbonyl (C=O) groups is 3. The maximum Gasteiger partial charge on any atom is 0.309 e. The van der Waals surface area contributed by atoms with Crippen LogP contribution in [0.1, 0.15) is 140 Å². The number of anilines is 1. The van der Waals surface area contributed by atoms with E-state index >= 15 is 0 Å². The largest absolute Gasteiger partial charge is 0.481 e. The molecule has 1 aliphatic rings. The number of hydrogen-bond donors (Lipinski definition) is 5. The summed E-state index contributed by atoms with van der Waals surface area (Å²) in [5, 5.41) is 30.0. The number of likely N-dealkylation sites (N-methyl/N-ethyl adjacent to an activating group) is 1. The zero-order chi connectivity index (χ0) is 40.9.